The third kappa shape index (κ3) is 3.98. The smallest absolute Gasteiger partial charge is 0.271 e. The molecule has 0 unspecified atom stereocenters. The third-order valence-corrected chi connectivity index (χ3v) is 4.39. The summed E-state index contributed by atoms with van der Waals surface area (Å²) >= 11 is 0. The van der Waals surface area contributed by atoms with E-state index in [1.54, 1.807) is 24.5 Å². The Kier molecular flexibility index (Phi) is 5.02. The van der Waals surface area contributed by atoms with Gasteiger partial charge in [0.25, 0.3) is 5.91 Å². The molecule has 146 valence electrons. The maximum absolute atomic E-state index is 12.4. The van der Waals surface area contributed by atoms with Gasteiger partial charge < -0.3 is 9.09 Å². The summed E-state index contributed by atoms with van der Waals surface area (Å²) in [6.45, 7) is 0. The molecule has 0 fully saturated rings. The molecule has 0 saturated heterocycles. The number of aryl methyl sites for hydroxylation is 2. The molecule has 3 aromatic heterocycles. The lowest BCUT2D eigenvalue weighted by Gasteiger charge is -2.06. The van der Waals surface area contributed by atoms with Crippen molar-refractivity contribution >= 4 is 22.7 Å². The van der Waals surface area contributed by atoms with Gasteiger partial charge in [-0.15, -0.1) is 0 Å². The maximum Gasteiger partial charge on any atom is 0.271 e. The van der Waals surface area contributed by atoms with Crippen molar-refractivity contribution in [2.24, 2.45) is 7.05 Å². The van der Waals surface area contributed by atoms with Gasteiger partial charge in [0, 0.05) is 43.2 Å². The van der Waals surface area contributed by atoms with Gasteiger partial charge in [-0.1, -0.05) is 29.4 Å². The quantitative estimate of drug-likeness (QED) is 0.504. The number of rotatable bonds is 5. The summed E-state index contributed by atoms with van der Waals surface area (Å²) in [5.41, 5.74) is 6.87. The molecule has 9 nitrogen and oxygen atoms in total. The van der Waals surface area contributed by atoms with Crippen molar-refractivity contribution in [2.45, 2.75) is 12.8 Å². The van der Waals surface area contributed by atoms with Crippen LogP contribution in [0.1, 0.15) is 22.7 Å². The number of benzene rings is 1. The highest BCUT2D eigenvalue weighted by atomic mass is 16.5. The van der Waals surface area contributed by atoms with Crippen LogP contribution in [0.2, 0.25) is 0 Å². The average Bonchev–Trinajstić information content (AvgIpc) is 3.36. The van der Waals surface area contributed by atoms with Crippen molar-refractivity contribution in [2.75, 3.05) is 0 Å². The molecule has 4 rings (SSSR count). The second-order valence-electron chi connectivity index (χ2n) is 6.40. The summed E-state index contributed by atoms with van der Waals surface area (Å²) in [7, 11) is 1.86. The van der Waals surface area contributed by atoms with Gasteiger partial charge in [0.15, 0.2) is 0 Å². The summed E-state index contributed by atoms with van der Waals surface area (Å²) in [5, 5.41) is 4.67. The Labute approximate surface area is 165 Å². The van der Waals surface area contributed by atoms with Gasteiger partial charge in [-0.25, -0.2) is 0 Å². The van der Waals surface area contributed by atoms with Gasteiger partial charge in [-0.3, -0.25) is 25.4 Å². The van der Waals surface area contributed by atoms with Crippen LogP contribution < -0.4 is 10.9 Å². The largest absolute Gasteiger partial charge is 0.350 e. The molecule has 0 atom stereocenters. The number of nitrogens with zero attached hydrogens (tertiary/aromatic N) is 4. The second-order valence-corrected chi connectivity index (χ2v) is 6.40. The molecular formula is C20H18N6O3. The molecule has 2 N–H and O–H groups in total. The van der Waals surface area contributed by atoms with Crippen LogP contribution in [0.4, 0.5) is 0 Å². The van der Waals surface area contributed by atoms with E-state index in [2.05, 4.69) is 26.0 Å². The number of hydrogen-bond donors (Lipinski definition) is 2. The monoisotopic (exact) mass is 390 g/mol. The predicted molar refractivity (Wildman–Crippen MR) is 104 cm³/mol. The number of pyridine rings is 1. The molecule has 0 spiro atoms. The number of amides is 2. The molecule has 3 heterocycles. The van der Waals surface area contributed by atoms with Crippen LogP contribution in [0.3, 0.4) is 0 Å². The highest BCUT2D eigenvalue weighted by molar-refractivity contribution is 6.07. The van der Waals surface area contributed by atoms with E-state index in [4.69, 9.17) is 4.52 Å². The fourth-order valence-corrected chi connectivity index (χ4v) is 2.95. The van der Waals surface area contributed by atoms with Crippen molar-refractivity contribution in [1.29, 1.82) is 0 Å². The van der Waals surface area contributed by atoms with E-state index < -0.39 is 0 Å². The van der Waals surface area contributed by atoms with E-state index >= 15 is 0 Å². The second kappa shape index (κ2) is 7.93. The van der Waals surface area contributed by atoms with Gasteiger partial charge in [0.1, 0.15) is 5.69 Å². The van der Waals surface area contributed by atoms with E-state index in [0.29, 0.717) is 23.0 Å². The van der Waals surface area contributed by atoms with E-state index in [0.717, 1.165) is 10.9 Å². The fourth-order valence-electron chi connectivity index (χ4n) is 2.95. The first kappa shape index (κ1) is 18.4. The van der Waals surface area contributed by atoms with Crippen LogP contribution >= 0.6 is 0 Å². The minimum Gasteiger partial charge on any atom is -0.350 e. The number of carbonyl (C=O) groups excluding carboxylic acids is 2. The van der Waals surface area contributed by atoms with Crippen LogP contribution in [0, 0.1) is 0 Å². The highest BCUT2D eigenvalue weighted by Crippen LogP contribution is 2.19. The number of fused-ring (bicyclic) bond motifs is 1. The molecule has 9 heteroatoms. The van der Waals surface area contributed by atoms with E-state index in [-0.39, 0.29) is 24.7 Å². The molecule has 0 bridgehead atoms. The lowest BCUT2D eigenvalue weighted by molar-refractivity contribution is -0.121. The number of hydrazine groups is 1. The van der Waals surface area contributed by atoms with Crippen molar-refractivity contribution in [3.8, 4) is 11.5 Å². The Morgan fingerprint density at radius 3 is 2.76 bits per heavy atom. The molecular weight excluding hydrogens is 372 g/mol. The number of nitrogens with one attached hydrogen (secondary N) is 2. The molecule has 2 amide bonds. The number of hydrogen-bond acceptors (Lipinski definition) is 6. The molecule has 0 aliphatic heterocycles. The van der Waals surface area contributed by atoms with Gasteiger partial charge in [0.05, 0.1) is 5.56 Å². The lowest BCUT2D eigenvalue weighted by atomic mass is 10.2. The van der Waals surface area contributed by atoms with Crippen LogP contribution in [0.15, 0.2) is 59.4 Å². The van der Waals surface area contributed by atoms with Crippen molar-refractivity contribution in [3.05, 3.63) is 66.3 Å². The summed E-state index contributed by atoms with van der Waals surface area (Å²) < 4.78 is 7.01. The zero-order chi connectivity index (χ0) is 20.2. The zero-order valence-electron chi connectivity index (χ0n) is 15.6. The van der Waals surface area contributed by atoms with Gasteiger partial charge in [-0.2, -0.15) is 4.98 Å². The zero-order valence-corrected chi connectivity index (χ0v) is 15.6. The van der Waals surface area contributed by atoms with Crippen LogP contribution in [0.5, 0.6) is 0 Å². The molecule has 0 radical (unpaired) electrons. The van der Waals surface area contributed by atoms with E-state index in [9.17, 15) is 9.59 Å². The summed E-state index contributed by atoms with van der Waals surface area (Å²) in [6.07, 6.45) is 3.69. The van der Waals surface area contributed by atoms with Gasteiger partial charge >= 0.3 is 0 Å². The topological polar surface area (TPSA) is 115 Å². The van der Waals surface area contributed by atoms with Crippen molar-refractivity contribution < 1.29 is 14.1 Å². The average molecular weight is 390 g/mol. The maximum atomic E-state index is 12.4. The molecule has 1 aromatic carbocycles. The lowest BCUT2D eigenvalue weighted by Crippen LogP contribution is -2.41. The molecule has 0 aliphatic rings. The molecule has 29 heavy (non-hydrogen) atoms. The summed E-state index contributed by atoms with van der Waals surface area (Å²) in [4.78, 5) is 32.9. The number of aromatic nitrogens is 4. The first-order valence-electron chi connectivity index (χ1n) is 8.99. The molecule has 4 aromatic rings. The third-order valence-electron chi connectivity index (χ3n) is 4.39. The Bertz CT molecular complexity index is 1170. The predicted octanol–water partition coefficient (Wildman–Crippen LogP) is 2.02. The van der Waals surface area contributed by atoms with Crippen LogP contribution in [-0.2, 0) is 18.3 Å². The van der Waals surface area contributed by atoms with Gasteiger partial charge in [0.2, 0.25) is 17.6 Å². The Morgan fingerprint density at radius 1 is 1.10 bits per heavy atom. The first-order chi connectivity index (χ1) is 14.1. The fraction of sp³-hybridized carbons (Fsp3) is 0.150. The number of para-hydroxylation sites is 1. The molecule has 0 aliphatic carbocycles. The standard InChI is InChI=1S/C20H18N6O3/c1-26-12-14(13-6-2-3-8-16(13)26)20(28)24-23-17(27)9-10-18-22-19(25-29-18)15-7-4-5-11-21-15/h2-8,11-12H,9-10H2,1H3,(H,23,27)(H,24,28). The van der Waals surface area contributed by atoms with Crippen LogP contribution in [-0.4, -0.2) is 31.5 Å². The van der Waals surface area contributed by atoms with E-state index in [1.807, 2.05) is 41.9 Å². The number of carbonyl (C=O) groups is 2. The van der Waals surface area contributed by atoms with Gasteiger partial charge in [-0.05, 0) is 18.2 Å². The Morgan fingerprint density at radius 2 is 1.93 bits per heavy atom. The van der Waals surface area contributed by atoms with Crippen molar-refractivity contribution in [3.63, 3.8) is 0 Å². The van der Waals surface area contributed by atoms with E-state index in [1.165, 1.54) is 0 Å². The Hall–Kier alpha value is -4.01. The van der Waals surface area contributed by atoms with Crippen molar-refractivity contribution in [1.82, 2.24) is 30.5 Å². The Balaban J connectivity index is 1.31. The summed E-state index contributed by atoms with van der Waals surface area (Å²) in [5.74, 6) is -0.0620. The first-order valence-corrected chi connectivity index (χ1v) is 8.99. The minimum atomic E-state index is -0.384. The SMILES string of the molecule is Cn1cc(C(=O)NNC(=O)CCc2nc(-c3ccccn3)no2)c2ccccc21. The van der Waals surface area contributed by atoms with Crippen LogP contribution in [0.25, 0.3) is 22.4 Å². The normalized spacial score (nSPS) is 10.8. The minimum absolute atomic E-state index is 0.0830. The highest BCUT2D eigenvalue weighted by Gasteiger charge is 2.15. The summed E-state index contributed by atoms with van der Waals surface area (Å²) in [6, 6.07) is 12.9. The molecule has 0 saturated carbocycles.